The Labute approximate surface area is 127 Å². The number of fused-ring (bicyclic) bond motifs is 1. The van der Waals surface area contributed by atoms with Gasteiger partial charge in [0.1, 0.15) is 6.54 Å². The van der Waals surface area contributed by atoms with Crippen LogP contribution in [0.3, 0.4) is 0 Å². The van der Waals surface area contributed by atoms with Gasteiger partial charge in [0.2, 0.25) is 0 Å². The molecule has 0 saturated carbocycles. The number of aliphatic carboxylic acids is 1. The number of carbonyl (C=O) groups excluding carboxylic acids is 1. The molecule has 22 heavy (non-hydrogen) atoms. The van der Waals surface area contributed by atoms with Gasteiger partial charge in [-0.25, -0.2) is 4.79 Å². The van der Waals surface area contributed by atoms with E-state index in [4.69, 9.17) is 19.8 Å². The summed E-state index contributed by atoms with van der Waals surface area (Å²) in [5, 5.41) is 17.6. The van der Waals surface area contributed by atoms with Crippen LogP contribution in [0.1, 0.15) is 12.5 Å². The van der Waals surface area contributed by atoms with Crippen LogP contribution in [-0.4, -0.2) is 36.7 Å². The van der Waals surface area contributed by atoms with E-state index in [1.807, 2.05) is 6.07 Å². The summed E-state index contributed by atoms with van der Waals surface area (Å²) in [5.74, 6) is -0.641. The molecule has 0 fully saturated rings. The van der Waals surface area contributed by atoms with Crippen LogP contribution in [0.4, 0.5) is 5.69 Å². The van der Waals surface area contributed by atoms with Gasteiger partial charge < -0.3 is 14.6 Å². The Morgan fingerprint density at radius 1 is 1.59 bits per heavy atom. The lowest BCUT2D eigenvalue weighted by Crippen LogP contribution is -2.39. The van der Waals surface area contributed by atoms with Crippen LogP contribution in [0.2, 0.25) is 0 Å². The highest BCUT2D eigenvalue weighted by Gasteiger charge is 2.28. The van der Waals surface area contributed by atoms with Crippen molar-refractivity contribution in [3.05, 3.63) is 23.8 Å². The maximum Gasteiger partial charge on any atom is 0.328 e. The third kappa shape index (κ3) is 3.17. The topological polar surface area (TPSA) is 99.9 Å². The third-order valence-electron chi connectivity index (χ3n) is 2.94. The molecule has 114 valence electrons. The van der Waals surface area contributed by atoms with Crippen LogP contribution in [0.15, 0.2) is 18.2 Å². The smallest absolute Gasteiger partial charge is 0.328 e. The van der Waals surface area contributed by atoms with Crippen molar-refractivity contribution < 1.29 is 24.2 Å². The van der Waals surface area contributed by atoms with E-state index in [1.165, 1.54) is 11.0 Å². The van der Waals surface area contributed by atoms with Gasteiger partial charge in [0, 0.05) is 6.08 Å². The molecule has 0 aliphatic carbocycles. The minimum atomic E-state index is -1.09. The fraction of sp³-hybridized carbons (Fsp3) is 0.267. The van der Waals surface area contributed by atoms with Crippen molar-refractivity contribution in [1.82, 2.24) is 0 Å². The Hall–Kier alpha value is -3.01. The van der Waals surface area contributed by atoms with Crippen molar-refractivity contribution in [2.75, 3.05) is 24.7 Å². The van der Waals surface area contributed by atoms with E-state index >= 15 is 0 Å². The number of anilines is 1. The normalized spacial score (nSPS) is 13.5. The van der Waals surface area contributed by atoms with E-state index in [2.05, 4.69) is 0 Å². The molecule has 0 unspecified atom stereocenters. The van der Waals surface area contributed by atoms with Crippen LogP contribution in [0.25, 0.3) is 6.08 Å². The Balaban J connectivity index is 2.54. The van der Waals surface area contributed by atoms with E-state index in [9.17, 15) is 9.59 Å². The molecule has 0 atom stereocenters. The fourth-order valence-electron chi connectivity index (χ4n) is 2.07. The van der Waals surface area contributed by atoms with E-state index in [1.54, 1.807) is 19.1 Å². The van der Waals surface area contributed by atoms with Gasteiger partial charge in [0.05, 0.1) is 18.4 Å². The molecule has 1 N–H and O–H groups in total. The van der Waals surface area contributed by atoms with Gasteiger partial charge in [0.15, 0.2) is 18.1 Å². The number of rotatable bonds is 5. The molecule has 7 heteroatoms. The van der Waals surface area contributed by atoms with Crippen molar-refractivity contribution >= 4 is 23.6 Å². The first-order chi connectivity index (χ1) is 10.6. The average molecular weight is 302 g/mol. The summed E-state index contributed by atoms with van der Waals surface area (Å²) in [6, 6.07) is 5.14. The SMILES string of the molecule is CCOc1cc(/C=C/C(=O)O)cc2c1OCC(=O)N2CC#N. The quantitative estimate of drug-likeness (QED) is 0.652. The fourth-order valence-corrected chi connectivity index (χ4v) is 2.07. The Morgan fingerprint density at radius 2 is 2.36 bits per heavy atom. The number of carboxylic acids is 1. The summed E-state index contributed by atoms with van der Waals surface area (Å²) in [7, 11) is 0. The Bertz CT molecular complexity index is 675. The number of benzene rings is 1. The second kappa shape index (κ2) is 6.63. The highest BCUT2D eigenvalue weighted by Crippen LogP contribution is 2.41. The van der Waals surface area contributed by atoms with Crippen LogP contribution in [0.5, 0.6) is 11.5 Å². The van der Waals surface area contributed by atoms with Gasteiger partial charge >= 0.3 is 5.97 Å². The van der Waals surface area contributed by atoms with Crippen molar-refractivity contribution in [3.63, 3.8) is 0 Å². The number of amides is 1. The van der Waals surface area contributed by atoms with Gasteiger partial charge in [-0.15, -0.1) is 0 Å². The highest BCUT2D eigenvalue weighted by atomic mass is 16.5. The number of nitriles is 1. The van der Waals surface area contributed by atoms with Gasteiger partial charge in [0.25, 0.3) is 5.91 Å². The van der Waals surface area contributed by atoms with Gasteiger partial charge in [-0.3, -0.25) is 9.69 Å². The molecule has 1 aromatic rings. The summed E-state index contributed by atoms with van der Waals surface area (Å²) in [5.41, 5.74) is 0.930. The monoisotopic (exact) mass is 302 g/mol. The minimum Gasteiger partial charge on any atom is -0.490 e. The lowest BCUT2D eigenvalue weighted by Gasteiger charge is -2.29. The largest absolute Gasteiger partial charge is 0.490 e. The van der Waals surface area contributed by atoms with E-state index in [-0.39, 0.29) is 19.1 Å². The molecule has 1 aliphatic rings. The van der Waals surface area contributed by atoms with Crippen LogP contribution >= 0.6 is 0 Å². The summed E-state index contributed by atoms with van der Waals surface area (Å²) in [6.45, 7) is 1.90. The highest BCUT2D eigenvalue weighted by molar-refractivity contribution is 5.99. The van der Waals surface area contributed by atoms with Gasteiger partial charge in [-0.2, -0.15) is 5.26 Å². The summed E-state index contributed by atoms with van der Waals surface area (Å²) < 4.78 is 10.9. The van der Waals surface area contributed by atoms with Gasteiger partial charge in [-0.1, -0.05) is 0 Å². The number of hydrogen-bond acceptors (Lipinski definition) is 5. The summed E-state index contributed by atoms with van der Waals surface area (Å²) >= 11 is 0. The zero-order chi connectivity index (χ0) is 16.1. The molecule has 1 amide bonds. The predicted octanol–water partition coefficient (Wildman–Crippen LogP) is 1.43. The second-order valence-electron chi connectivity index (χ2n) is 4.40. The van der Waals surface area contributed by atoms with Crippen molar-refractivity contribution in [2.24, 2.45) is 0 Å². The lowest BCUT2D eigenvalue weighted by molar-refractivity contribution is -0.131. The van der Waals surface area contributed by atoms with E-state index in [0.717, 1.165) is 6.08 Å². The summed E-state index contributed by atoms with van der Waals surface area (Å²) in [4.78, 5) is 23.8. The first kappa shape index (κ1) is 15.4. The molecular formula is C15H14N2O5. The predicted molar refractivity (Wildman–Crippen MR) is 77.7 cm³/mol. The van der Waals surface area contributed by atoms with E-state index in [0.29, 0.717) is 29.4 Å². The maximum atomic E-state index is 11.9. The standard InChI is InChI=1S/C15H14N2O5/c1-2-21-12-8-10(3-4-14(19)20)7-11-15(12)22-9-13(18)17(11)6-5-16/h3-4,7-8H,2,6,9H2,1H3,(H,19,20)/b4-3+. The molecule has 1 aromatic carbocycles. The zero-order valence-electron chi connectivity index (χ0n) is 11.9. The molecule has 1 heterocycles. The lowest BCUT2D eigenvalue weighted by atomic mass is 10.1. The Kier molecular flexibility index (Phi) is 4.63. The molecule has 0 aromatic heterocycles. The second-order valence-corrected chi connectivity index (χ2v) is 4.40. The van der Waals surface area contributed by atoms with Gasteiger partial charge in [-0.05, 0) is 30.7 Å². The Morgan fingerprint density at radius 3 is 3.00 bits per heavy atom. The maximum absolute atomic E-state index is 11.9. The number of hydrogen-bond donors (Lipinski definition) is 1. The first-order valence-corrected chi connectivity index (χ1v) is 6.58. The number of carbonyl (C=O) groups is 2. The average Bonchev–Trinajstić information content (AvgIpc) is 2.48. The summed E-state index contributed by atoms with van der Waals surface area (Å²) in [6.07, 6.45) is 2.37. The molecule has 1 aliphatic heterocycles. The molecular weight excluding hydrogens is 288 g/mol. The van der Waals surface area contributed by atoms with Crippen LogP contribution < -0.4 is 14.4 Å². The van der Waals surface area contributed by atoms with Crippen molar-refractivity contribution in [2.45, 2.75) is 6.92 Å². The number of nitrogens with zero attached hydrogens (tertiary/aromatic N) is 2. The van der Waals surface area contributed by atoms with Crippen molar-refractivity contribution in [3.8, 4) is 17.6 Å². The first-order valence-electron chi connectivity index (χ1n) is 6.58. The van der Waals surface area contributed by atoms with Crippen molar-refractivity contribution in [1.29, 1.82) is 5.26 Å². The third-order valence-corrected chi connectivity index (χ3v) is 2.94. The molecule has 7 nitrogen and oxygen atoms in total. The minimum absolute atomic E-state index is 0.118. The molecule has 0 saturated heterocycles. The van der Waals surface area contributed by atoms with Crippen LogP contribution in [-0.2, 0) is 9.59 Å². The van der Waals surface area contributed by atoms with E-state index < -0.39 is 5.97 Å². The molecule has 0 radical (unpaired) electrons. The number of ether oxygens (including phenoxy) is 2. The molecule has 2 rings (SSSR count). The molecule has 0 spiro atoms. The molecule has 0 bridgehead atoms. The number of carboxylic acid groups (broad SMARTS) is 1. The zero-order valence-corrected chi connectivity index (χ0v) is 11.9. The van der Waals surface area contributed by atoms with Crippen LogP contribution in [0, 0.1) is 11.3 Å².